The number of anilines is 1. The number of nitrogens with zero attached hydrogens (tertiary/aromatic N) is 2. The van der Waals surface area contributed by atoms with Crippen LogP contribution in [0.4, 0.5) is 5.69 Å². The van der Waals surface area contributed by atoms with Gasteiger partial charge in [0.05, 0.1) is 22.9 Å². The van der Waals surface area contributed by atoms with Gasteiger partial charge in [0.2, 0.25) is 0 Å². The van der Waals surface area contributed by atoms with Crippen molar-refractivity contribution in [2.45, 2.75) is 12.6 Å². The van der Waals surface area contributed by atoms with Crippen molar-refractivity contribution in [3.05, 3.63) is 41.1 Å². The number of rotatable bonds is 5. The molecule has 2 aromatic rings. The van der Waals surface area contributed by atoms with Crippen LogP contribution in [0.25, 0.3) is 0 Å². The van der Waals surface area contributed by atoms with Gasteiger partial charge >= 0.3 is 0 Å². The lowest BCUT2D eigenvalue weighted by Gasteiger charge is -2.13. The molecule has 1 atom stereocenters. The number of hydrogen-bond acceptors (Lipinski definition) is 4. The second-order valence-electron chi connectivity index (χ2n) is 3.88. The molecular formula is C12H14BrN3O2. The van der Waals surface area contributed by atoms with Gasteiger partial charge < -0.3 is 15.6 Å². The van der Waals surface area contributed by atoms with Crippen LogP contribution >= 0.6 is 15.9 Å². The third-order valence-corrected chi connectivity index (χ3v) is 2.76. The third kappa shape index (κ3) is 3.48. The van der Waals surface area contributed by atoms with E-state index in [1.807, 2.05) is 12.1 Å². The number of aromatic nitrogens is 2. The van der Waals surface area contributed by atoms with Crippen molar-refractivity contribution in [1.82, 2.24) is 9.78 Å². The van der Waals surface area contributed by atoms with E-state index < -0.39 is 6.10 Å². The number of nitrogen functional groups attached to an aromatic ring is 1. The van der Waals surface area contributed by atoms with E-state index >= 15 is 0 Å². The van der Waals surface area contributed by atoms with E-state index in [4.69, 9.17) is 10.5 Å². The molecule has 0 saturated carbocycles. The molecule has 0 aliphatic rings. The minimum Gasteiger partial charge on any atom is -0.489 e. The SMILES string of the molecule is Nc1ccccc1OCC(O)Cn1cc(Br)cn1. The lowest BCUT2D eigenvalue weighted by atomic mass is 10.3. The largest absolute Gasteiger partial charge is 0.489 e. The van der Waals surface area contributed by atoms with Gasteiger partial charge in [-0.15, -0.1) is 0 Å². The Balaban J connectivity index is 1.85. The quantitative estimate of drug-likeness (QED) is 0.824. The molecule has 0 aliphatic carbocycles. The Bertz CT molecular complexity index is 516. The number of nitrogens with two attached hydrogens (primary N) is 1. The van der Waals surface area contributed by atoms with Crippen molar-refractivity contribution in [3.63, 3.8) is 0 Å². The summed E-state index contributed by atoms with van der Waals surface area (Å²) in [4.78, 5) is 0. The molecule has 96 valence electrons. The highest BCUT2D eigenvalue weighted by atomic mass is 79.9. The lowest BCUT2D eigenvalue weighted by molar-refractivity contribution is 0.0897. The van der Waals surface area contributed by atoms with E-state index in [0.29, 0.717) is 18.0 Å². The first-order valence-corrected chi connectivity index (χ1v) is 6.28. The first-order chi connectivity index (χ1) is 8.65. The molecule has 0 spiro atoms. The van der Waals surface area contributed by atoms with Gasteiger partial charge in [-0.05, 0) is 28.1 Å². The molecular weight excluding hydrogens is 298 g/mol. The zero-order valence-electron chi connectivity index (χ0n) is 9.66. The normalized spacial score (nSPS) is 12.3. The monoisotopic (exact) mass is 311 g/mol. The smallest absolute Gasteiger partial charge is 0.142 e. The average Bonchev–Trinajstić information content (AvgIpc) is 2.74. The van der Waals surface area contributed by atoms with E-state index in [0.717, 1.165) is 4.47 Å². The molecule has 6 heteroatoms. The van der Waals surface area contributed by atoms with Crippen LogP contribution in [0.2, 0.25) is 0 Å². The number of para-hydroxylation sites is 2. The van der Waals surface area contributed by atoms with Crippen molar-refractivity contribution in [1.29, 1.82) is 0 Å². The van der Waals surface area contributed by atoms with Crippen LogP contribution in [0.15, 0.2) is 41.1 Å². The Morgan fingerprint density at radius 1 is 1.44 bits per heavy atom. The Morgan fingerprint density at radius 3 is 2.89 bits per heavy atom. The van der Waals surface area contributed by atoms with Crippen LogP contribution in [-0.4, -0.2) is 27.6 Å². The van der Waals surface area contributed by atoms with Crippen molar-refractivity contribution >= 4 is 21.6 Å². The van der Waals surface area contributed by atoms with E-state index in [-0.39, 0.29) is 6.61 Å². The molecule has 5 nitrogen and oxygen atoms in total. The Labute approximate surface area is 113 Å². The second kappa shape index (κ2) is 5.88. The highest BCUT2D eigenvalue weighted by molar-refractivity contribution is 9.10. The van der Waals surface area contributed by atoms with Gasteiger partial charge in [0, 0.05) is 6.20 Å². The minimum atomic E-state index is -0.642. The lowest BCUT2D eigenvalue weighted by Crippen LogP contribution is -2.24. The fourth-order valence-corrected chi connectivity index (χ4v) is 1.83. The molecule has 2 rings (SSSR count). The molecule has 1 aromatic carbocycles. The van der Waals surface area contributed by atoms with Crippen molar-refractivity contribution in [2.24, 2.45) is 0 Å². The molecule has 0 fully saturated rings. The number of halogens is 1. The summed E-state index contributed by atoms with van der Waals surface area (Å²) < 4.78 is 7.97. The molecule has 1 unspecified atom stereocenters. The number of hydrogen-bond donors (Lipinski definition) is 2. The summed E-state index contributed by atoms with van der Waals surface area (Å²) in [5, 5.41) is 13.9. The number of benzene rings is 1. The standard InChI is InChI=1S/C12H14BrN3O2/c13-9-5-15-16(6-9)7-10(17)8-18-12-4-2-1-3-11(12)14/h1-6,10,17H,7-8,14H2. The number of aliphatic hydroxyl groups excluding tert-OH is 1. The topological polar surface area (TPSA) is 73.3 Å². The van der Waals surface area contributed by atoms with Gasteiger partial charge in [-0.3, -0.25) is 4.68 Å². The fourth-order valence-electron chi connectivity index (χ4n) is 1.50. The van der Waals surface area contributed by atoms with Crippen LogP contribution in [0.3, 0.4) is 0 Å². The summed E-state index contributed by atoms with van der Waals surface area (Å²) in [5.41, 5.74) is 6.29. The molecule has 3 N–H and O–H groups in total. The summed E-state index contributed by atoms with van der Waals surface area (Å²) in [5.74, 6) is 0.582. The van der Waals surface area contributed by atoms with Crippen molar-refractivity contribution in [3.8, 4) is 5.75 Å². The summed E-state index contributed by atoms with van der Waals surface area (Å²) in [7, 11) is 0. The van der Waals surface area contributed by atoms with E-state index in [9.17, 15) is 5.11 Å². The number of aliphatic hydroxyl groups is 1. The zero-order chi connectivity index (χ0) is 13.0. The third-order valence-electron chi connectivity index (χ3n) is 2.35. The van der Waals surface area contributed by atoms with Gasteiger partial charge in [0.15, 0.2) is 0 Å². The van der Waals surface area contributed by atoms with Crippen LogP contribution in [0.5, 0.6) is 5.75 Å². The number of ether oxygens (including phenoxy) is 1. The van der Waals surface area contributed by atoms with Crippen LogP contribution < -0.4 is 10.5 Å². The molecule has 0 amide bonds. The predicted molar refractivity (Wildman–Crippen MR) is 72.3 cm³/mol. The first-order valence-electron chi connectivity index (χ1n) is 5.48. The molecule has 0 bridgehead atoms. The second-order valence-corrected chi connectivity index (χ2v) is 4.80. The summed E-state index contributed by atoms with van der Waals surface area (Å²) >= 11 is 3.29. The maximum absolute atomic E-state index is 9.82. The van der Waals surface area contributed by atoms with Crippen LogP contribution in [0.1, 0.15) is 0 Å². The first kappa shape index (κ1) is 12.9. The minimum absolute atomic E-state index is 0.172. The summed E-state index contributed by atoms with van der Waals surface area (Å²) in [6.45, 7) is 0.546. The Morgan fingerprint density at radius 2 is 2.22 bits per heavy atom. The Hall–Kier alpha value is -1.53. The van der Waals surface area contributed by atoms with Crippen LogP contribution in [-0.2, 0) is 6.54 Å². The fraction of sp³-hybridized carbons (Fsp3) is 0.250. The molecule has 1 aromatic heterocycles. The molecule has 18 heavy (non-hydrogen) atoms. The van der Waals surface area contributed by atoms with Crippen LogP contribution in [0, 0.1) is 0 Å². The maximum Gasteiger partial charge on any atom is 0.142 e. The highest BCUT2D eigenvalue weighted by Crippen LogP contribution is 2.19. The average molecular weight is 312 g/mol. The van der Waals surface area contributed by atoms with E-state index in [2.05, 4.69) is 21.0 Å². The Kier molecular flexibility index (Phi) is 4.22. The van der Waals surface area contributed by atoms with Gasteiger partial charge in [0.1, 0.15) is 18.5 Å². The molecule has 0 aliphatic heterocycles. The van der Waals surface area contributed by atoms with Gasteiger partial charge in [0.25, 0.3) is 0 Å². The zero-order valence-corrected chi connectivity index (χ0v) is 11.2. The molecule has 1 heterocycles. The van der Waals surface area contributed by atoms with Gasteiger partial charge in [-0.2, -0.15) is 5.10 Å². The predicted octanol–water partition coefficient (Wildman–Crippen LogP) is 1.67. The van der Waals surface area contributed by atoms with Crippen molar-refractivity contribution in [2.75, 3.05) is 12.3 Å². The highest BCUT2D eigenvalue weighted by Gasteiger charge is 2.08. The molecule has 0 saturated heterocycles. The van der Waals surface area contributed by atoms with E-state index in [1.165, 1.54) is 0 Å². The van der Waals surface area contributed by atoms with Gasteiger partial charge in [-0.25, -0.2) is 0 Å². The van der Waals surface area contributed by atoms with E-state index in [1.54, 1.807) is 29.2 Å². The maximum atomic E-state index is 9.82. The molecule has 0 radical (unpaired) electrons. The van der Waals surface area contributed by atoms with Crippen molar-refractivity contribution < 1.29 is 9.84 Å². The summed E-state index contributed by atoms with van der Waals surface area (Å²) in [6, 6.07) is 7.20. The van der Waals surface area contributed by atoms with Gasteiger partial charge in [-0.1, -0.05) is 12.1 Å². The summed E-state index contributed by atoms with van der Waals surface area (Å²) in [6.07, 6.45) is 2.82.